The number of benzene rings is 1. The number of hydrogen-bond donors (Lipinski definition) is 2. The number of nitrogens with two attached hydrogens (primary N) is 1. The van der Waals surface area contributed by atoms with Crippen LogP contribution in [0.15, 0.2) is 24.3 Å². The Morgan fingerprint density at radius 3 is 2.71 bits per heavy atom. The third kappa shape index (κ3) is 2.61. The molecule has 1 aromatic carbocycles. The Morgan fingerprint density at radius 1 is 1.53 bits per heavy atom. The molecule has 3 N–H and O–H groups in total. The van der Waals surface area contributed by atoms with Crippen molar-refractivity contribution < 1.29 is 9.53 Å². The number of rotatable bonds is 2. The Morgan fingerprint density at radius 2 is 2.18 bits per heavy atom. The van der Waals surface area contributed by atoms with Gasteiger partial charge >= 0.3 is 0 Å². The second-order valence-electron chi connectivity index (χ2n) is 4.50. The third-order valence-corrected chi connectivity index (χ3v) is 3.86. The van der Waals surface area contributed by atoms with Gasteiger partial charge in [-0.1, -0.05) is 0 Å². The van der Waals surface area contributed by atoms with E-state index in [0.29, 0.717) is 13.2 Å². The van der Waals surface area contributed by atoms with E-state index in [9.17, 15) is 4.79 Å². The maximum Gasteiger partial charge on any atom is 0.234 e. The van der Waals surface area contributed by atoms with Crippen LogP contribution in [0.3, 0.4) is 0 Å². The van der Waals surface area contributed by atoms with Gasteiger partial charge in [0, 0.05) is 15.3 Å². The first-order chi connectivity index (χ1) is 8.02. The molecule has 0 saturated carbocycles. The highest BCUT2D eigenvalue weighted by atomic mass is 127. The Labute approximate surface area is 114 Å². The van der Waals surface area contributed by atoms with Crippen LogP contribution in [0.4, 0.5) is 5.69 Å². The average molecular weight is 346 g/mol. The zero-order valence-corrected chi connectivity index (χ0v) is 11.7. The van der Waals surface area contributed by atoms with E-state index >= 15 is 0 Å². The maximum absolute atomic E-state index is 12.2. The number of carbonyl (C=O) groups is 1. The fourth-order valence-electron chi connectivity index (χ4n) is 1.73. The van der Waals surface area contributed by atoms with Gasteiger partial charge < -0.3 is 15.8 Å². The Balaban J connectivity index is 2.09. The van der Waals surface area contributed by atoms with E-state index in [-0.39, 0.29) is 11.9 Å². The van der Waals surface area contributed by atoms with Crippen molar-refractivity contribution >= 4 is 34.2 Å². The highest BCUT2D eigenvalue weighted by Crippen LogP contribution is 2.28. The number of anilines is 1. The van der Waals surface area contributed by atoms with Crippen molar-refractivity contribution in [3.8, 4) is 0 Å². The van der Waals surface area contributed by atoms with E-state index in [0.717, 1.165) is 9.26 Å². The molecule has 1 fully saturated rings. The fourth-order valence-corrected chi connectivity index (χ4v) is 2.09. The lowest BCUT2D eigenvalue weighted by molar-refractivity contribution is -0.125. The van der Waals surface area contributed by atoms with Gasteiger partial charge in [-0.05, 0) is 53.8 Å². The lowest BCUT2D eigenvalue weighted by Crippen LogP contribution is -2.47. The molecule has 1 aliphatic heterocycles. The maximum atomic E-state index is 12.2. The van der Waals surface area contributed by atoms with Crippen molar-refractivity contribution in [1.29, 1.82) is 0 Å². The number of nitrogens with one attached hydrogen (secondary N) is 1. The zero-order valence-electron chi connectivity index (χ0n) is 9.57. The van der Waals surface area contributed by atoms with Crippen molar-refractivity contribution in [1.82, 2.24) is 0 Å². The summed E-state index contributed by atoms with van der Waals surface area (Å²) in [5.41, 5.74) is 6.06. The summed E-state index contributed by atoms with van der Waals surface area (Å²) >= 11 is 2.22. The molecule has 0 radical (unpaired) electrons. The summed E-state index contributed by atoms with van der Waals surface area (Å²) in [6.45, 7) is 2.66. The van der Waals surface area contributed by atoms with Crippen molar-refractivity contribution in [2.45, 2.75) is 13.0 Å². The summed E-state index contributed by atoms with van der Waals surface area (Å²) in [4.78, 5) is 12.2. The van der Waals surface area contributed by atoms with Crippen molar-refractivity contribution in [2.75, 3.05) is 18.5 Å². The molecule has 4 nitrogen and oxygen atoms in total. The molecular weight excluding hydrogens is 331 g/mol. The minimum atomic E-state index is -0.636. The molecule has 1 aromatic rings. The van der Waals surface area contributed by atoms with Crippen LogP contribution in [0.5, 0.6) is 0 Å². The monoisotopic (exact) mass is 346 g/mol. The average Bonchev–Trinajstić information content (AvgIpc) is 2.64. The molecule has 0 aliphatic carbocycles. The van der Waals surface area contributed by atoms with Crippen LogP contribution in [0.2, 0.25) is 0 Å². The molecule has 17 heavy (non-hydrogen) atoms. The summed E-state index contributed by atoms with van der Waals surface area (Å²) in [5, 5.41) is 2.88. The molecule has 92 valence electrons. The number of halogens is 1. The summed E-state index contributed by atoms with van der Waals surface area (Å²) in [5.74, 6) is -0.0799. The first-order valence-corrected chi connectivity index (χ1v) is 6.50. The summed E-state index contributed by atoms with van der Waals surface area (Å²) < 4.78 is 6.40. The van der Waals surface area contributed by atoms with E-state index < -0.39 is 5.41 Å². The van der Waals surface area contributed by atoms with Crippen molar-refractivity contribution in [2.24, 2.45) is 11.1 Å². The van der Waals surface area contributed by atoms with Crippen molar-refractivity contribution in [3.63, 3.8) is 0 Å². The largest absolute Gasteiger partial charge is 0.379 e. The molecule has 1 amide bonds. The van der Waals surface area contributed by atoms with E-state index in [1.165, 1.54) is 0 Å². The highest BCUT2D eigenvalue weighted by Gasteiger charge is 2.44. The second-order valence-corrected chi connectivity index (χ2v) is 5.75. The van der Waals surface area contributed by atoms with Crippen LogP contribution in [0.1, 0.15) is 6.92 Å². The number of ether oxygens (including phenoxy) is 1. The zero-order chi connectivity index (χ0) is 12.5. The lowest BCUT2D eigenvalue weighted by atomic mass is 9.85. The molecule has 2 atom stereocenters. The molecule has 2 rings (SSSR count). The Hall–Kier alpha value is -0.660. The number of hydrogen-bond acceptors (Lipinski definition) is 3. The molecule has 1 aliphatic rings. The smallest absolute Gasteiger partial charge is 0.234 e. The van der Waals surface area contributed by atoms with Gasteiger partial charge in [0.1, 0.15) is 0 Å². The summed E-state index contributed by atoms with van der Waals surface area (Å²) in [6, 6.07) is 7.41. The van der Waals surface area contributed by atoms with Gasteiger partial charge in [-0.25, -0.2) is 0 Å². The lowest BCUT2D eigenvalue weighted by Gasteiger charge is -2.25. The molecule has 1 saturated heterocycles. The quantitative estimate of drug-likeness (QED) is 0.800. The third-order valence-electron chi connectivity index (χ3n) is 3.14. The summed E-state index contributed by atoms with van der Waals surface area (Å²) in [7, 11) is 0. The number of carbonyl (C=O) groups excluding carboxylic acids is 1. The van der Waals surface area contributed by atoms with Gasteiger partial charge in [-0.3, -0.25) is 4.79 Å². The Bertz CT molecular complexity index is 421. The molecular formula is C12H15IN2O2. The predicted molar refractivity (Wildman–Crippen MR) is 74.7 cm³/mol. The normalized spacial score (nSPS) is 28.1. The SMILES string of the molecule is CC1(C(=O)Nc2ccc(I)cc2)COCC1N. The van der Waals surface area contributed by atoms with E-state index in [2.05, 4.69) is 27.9 Å². The topological polar surface area (TPSA) is 64.3 Å². The van der Waals surface area contributed by atoms with Crippen LogP contribution in [0, 0.1) is 8.99 Å². The van der Waals surface area contributed by atoms with Gasteiger partial charge in [0.25, 0.3) is 0 Å². The standard InChI is InChI=1S/C12H15IN2O2/c1-12(7-17-6-10(12)14)11(16)15-9-4-2-8(13)3-5-9/h2-5,10H,6-7,14H2,1H3,(H,15,16). The molecule has 0 bridgehead atoms. The van der Waals surface area contributed by atoms with E-state index in [1.807, 2.05) is 31.2 Å². The molecule has 1 heterocycles. The van der Waals surface area contributed by atoms with Crippen molar-refractivity contribution in [3.05, 3.63) is 27.8 Å². The first kappa shape index (κ1) is 12.8. The van der Waals surface area contributed by atoms with Crippen LogP contribution in [0.25, 0.3) is 0 Å². The van der Waals surface area contributed by atoms with Gasteiger partial charge in [-0.15, -0.1) is 0 Å². The molecule has 0 aromatic heterocycles. The second kappa shape index (κ2) is 4.91. The minimum absolute atomic E-state index is 0.0799. The highest BCUT2D eigenvalue weighted by molar-refractivity contribution is 14.1. The van der Waals surface area contributed by atoms with Crippen LogP contribution < -0.4 is 11.1 Å². The molecule has 0 spiro atoms. The van der Waals surface area contributed by atoms with E-state index in [4.69, 9.17) is 10.5 Å². The van der Waals surface area contributed by atoms with Gasteiger partial charge in [-0.2, -0.15) is 0 Å². The predicted octanol–water partition coefficient (Wildman–Crippen LogP) is 1.59. The fraction of sp³-hybridized carbons (Fsp3) is 0.417. The molecule has 5 heteroatoms. The Kier molecular flexibility index (Phi) is 3.70. The molecule has 2 unspecified atom stereocenters. The van der Waals surface area contributed by atoms with Gasteiger partial charge in [0.05, 0.1) is 18.6 Å². The van der Waals surface area contributed by atoms with E-state index in [1.54, 1.807) is 0 Å². The van der Waals surface area contributed by atoms with Gasteiger partial charge in [0.15, 0.2) is 0 Å². The van der Waals surface area contributed by atoms with Gasteiger partial charge in [0.2, 0.25) is 5.91 Å². The van der Waals surface area contributed by atoms with Crippen LogP contribution in [-0.2, 0) is 9.53 Å². The van der Waals surface area contributed by atoms with Crippen LogP contribution in [-0.4, -0.2) is 25.2 Å². The minimum Gasteiger partial charge on any atom is -0.379 e. The number of amides is 1. The summed E-state index contributed by atoms with van der Waals surface area (Å²) in [6.07, 6.45) is 0. The van der Waals surface area contributed by atoms with Crippen LogP contribution >= 0.6 is 22.6 Å². The first-order valence-electron chi connectivity index (χ1n) is 5.43.